The number of hydrogen-bond donors (Lipinski definition) is 0. The van der Waals surface area contributed by atoms with Gasteiger partial charge in [0.15, 0.2) is 0 Å². The normalized spacial score (nSPS) is 14.4. The van der Waals surface area contributed by atoms with E-state index in [1.165, 1.54) is 0 Å². The molecule has 0 saturated carbocycles. The summed E-state index contributed by atoms with van der Waals surface area (Å²) in [7, 11) is 0. The summed E-state index contributed by atoms with van der Waals surface area (Å²) < 4.78 is 20.9. The van der Waals surface area contributed by atoms with E-state index in [-0.39, 0.29) is 0 Å². The van der Waals surface area contributed by atoms with Crippen molar-refractivity contribution in [2.45, 2.75) is 91.1 Å². The van der Waals surface area contributed by atoms with Gasteiger partial charge in [-0.25, -0.2) is 9.59 Å². The number of hydrogen-bond acceptors (Lipinski definition) is 6. The fourth-order valence-electron chi connectivity index (χ4n) is 1.95. The number of carbonyl (C=O) groups is 2. The molecular weight excluding hydrogens is 336 g/mol. The number of ether oxygens (including phenoxy) is 4. The molecule has 0 saturated heterocycles. The second-order valence-corrected chi connectivity index (χ2v) is 7.93. The molecule has 0 spiro atoms. The van der Waals surface area contributed by atoms with Crippen LogP contribution in [0.2, 0.25) is 0 Å². The summed E-state index contributed by atoms with van der Waals surface area (Å²) >= 11 is 0. The maximum atomic E-state index is 11.8. The highest BCUT2D eigenvalue weighted by molar-refractivity contribution is 5.61. The zero-order valence-electron chi connectivity index (χ0n) is 17.2. The van der Waals surface area contributed by atoms with Gasteiger partial charge in [0.2, 0.25) is 0 Å². The Hall–Kier alpha value is -1.98. The van der Waals surface area contributed by atoms with Crippen LogP contribution in [-0.4, -0.2) is 35.7 Å². The zero-order valence-corrected chi connectivity index (χ0v) is 17.2. The molecule has 0 heterocycles. The summed E-state index contributed by atoms with van der Waals surface area (Å²) in [5.74, 6) is 0. The van der Waals surface area contributed by atoms with Crippen molar-refractivity contribution >= 4 is 12.3 Å². The molecule has 2 atom stereocenters. The van der Waals surface area contributed by atoms with Crippen molar-refractivity contribution in [3.63, 3.8) is 0 Å². The van der Waals surface area contributed by atoms with Gasteiger partial charge in [0.1, 0.15) is 23.4 Å². The van der Waals surface area contributed by atoms with Crippen molar-refractivity contribution in [2.75, 3.05) is 0 Å². The monoisotopic (exact) mass is 370 g/mol. The largest absolute Gasteiger partial charge is 0.509 e. The molecule has 0 aromatic rings. The summed E-state index contributed by atoms with van der Waals surface area (Å²) in [6.45, 7) is 16.2. The van der Waals surface area contributed by atoms with E-state index >= 15 is 0 Å². The topological polar surface area (TPSA) is 71.1 Å². The summed E-state index contributed by atoms with van der Waals surface area (Å²) in [5.41, 5.74) is -1.21. The van der Waals surface area contributed by atoms with Gasteiger partial charge < -0.3 is 18.9 Å². The predicted octanol–water partition coefficient (Wildman–Crippen LogP) is 5.56. The zero-order chi connectivity index (χ0) is 20.4. The van der Waals surface area contributed by atoms with Crippen LogP contribution in [-0.2, 0) is 18.9 Å². The third-order valence-corrected chi connectivity index (χ3v) is 2.92. The summed E-state index contributed by atoms with van der Waals surface area (Å²) in [5, 5.41) is 0. The van der Waals surface area contributed by atoms with Crippen LogP contribution in [0.5, 0.6) is 0 Å². The van der Waals surface area contributed by atoms with Crippen LogP contribution in [0.3, 0.4) is 0 Å². The molecule has 0 bridgehead atoms. The molecule has 6 heteroatoms. The quantitative estimate of drug-likeness (QED) is 0.411. The van der Waals surface area contributed by atoms with Crippen molar-refractivity contribution in [1.82, 2.24) is 0 Å². The maximum absolute atomic E-state index is 11.8. The highest BCUT2D eigenvalue weighted by atomic mass is 16.7. The lowest BCUT2D eigenvalue weighted by atomic mass is 10.1. The fourth-order valence-corrected chi connectivity index (χ4v) is 1.95. The standard InChI is InChI=1S/C20H34O6/c1-9-12-16(24-18(22)26-20(6,7)8)14-11-13-15(10-2)23-17(21)25-19(3,4)5/h9-10,12,15-16H,2,11,13-14H2,1,3-8H3/b12-9+. The lowest BCUT2D eigenvalue weighted by Crippen LogP contribution is -2.28. The van der Waals surface area contributed by atoms with Crippen molar-refractivity contribution < 1.29 is 28.5 Å². The van der Waals surface area contributed by atoms with Gasteiger partial charge in [-0.05, 0) is 73.8 Å². The van der Waals surface area contributed by atoms with E-state index < -0.39 is 35.7 Å². The number of allylic oxidation sites excluding steroid dienone is 1. The van der Waals surface area contributed by atoms with E-state index in [0.717, 1.165) is 0 Å². The van der Waals surface area contributed by atoms with Gasteiger partial charge in [-0.2, -0.15) is 0 Å². The van der Waals surface area contributed by atoms with Crippen LogP contribution < -0.4 is 0 Å². The lowest BCUT2D eigenvalue weighted by Gasteiger charge is -2.22. The Morgan fingerprint density at radius 3 is 1.69 bits per heavy atom. The molecular formula is C20H34O6. The molecule has 0 amide bonds. The second-order valence-electron chi connectivity index (χ2n) is 7.93. The molecule has 0 aromatic heterocycles. The molecule has 150 valence electrons. The third kappa shape index (κ3) is 13.3. The molecule has 0 radical (unpaired) electrons. The Kier molecular flexibility index (Phi) is 10.1. The maximum Gasteiger partial charge on any atom is 0.509 e. The smallest absolute Gasteiger partial charge is 0.429 e. The van der Waals surface area contributed by atoms with Gasteiger partial charge in [-0.1, -0.05) is 18.7 Å². The van der Waals surface area contributed by atoms with Gasteiger partial charge in [0, 0.05) is 0 Å². The fraction of sp³-hybridized carbons (Fsp3) is 0.700. The van der Waals surface area contributed by atoms with Crippen LogP contribution in [0.25, 0.3) is 0 Å². The first-order chi connectivity index (χ1) is 11.9. The average Bonchev–Trinajstić information content (AvgIpc) is 2.42. The minimum Gasteiger partial charge on any atom is -0.429 e. The first-order valence-corrected chi connectivity index (χ1v) is 8.91. The molecule has 0 aromatic carbocycles. The lowest BCUT2D eigenvalue weighted by molar-refractivity contribution is -0.0228. The molecule has 26 heavy (non-hydrogen) atoms. The molecule has 6 nitrogen and oxygen atoms in total. The Morgan fingerprint density at radius 1 is 0.885 bits per heavy atom. The third-order valence-electron chi connectivity index (χ3n) is 2.92. The van der Waals surface area contributed by atoms with Crippen molar-refractivity contribution in [2.24, 2.45) is 0 Å². The van der Waals surface area contributed by atoms with E-state index in [1.807, 2.05) is 13.0 Å². The Balaban J connectivity index is 4.44. The molecule has 0 fully saturated rings. The number of carbonyl (C=O) groups excluding carboxylic acids is 2. The van der Waals surface area contributed by atoms with Gasteiger partial charge in [-0.3, -0.25) is 0 Å². The van der Waals surface area contributed by atoms with Gasteiger partial charge in [0.05, 0.1) is 0 Å². The van der Waals surface area contributed by atoms with Crippen molar-refractivity contribution in [3.8, 4) is 0 Å². The highest BCUT2D eigenvalue weighted by Gasteiger charge is 2.22. The Labute approximate surface area is 157 Å². The first-order valence-electron chi connectivity index (χ1n) is 8.91. The molecule has 0 rings (SSSR count). The average molecular weight is 370 g/mol. The van der Waals surface area contributed by atoms with Crippen molar-refractivity contribution in [3.05, 3.63) is 24.8 Å². The van der Waals surface area contributed by atoms with Gasteiger partial charge in [0.25, 0.3) is 0 Å². The van der Waals surface area contributed by atoms with Crippen LogP contribution in [0, 0.1) is 0 Å². The summed E-state index contributed by atoms with van der Waals surface area (Å²) in [6.07, 6.45) is 4.67. The molecule has 0 N–H and O–H groups in total. The first kappa shape index (κ1) is 24.0. The molecule has 0 aliphatic heterocycles. The minimum absolute atomic E-state index is 0.401. The second kappa shape index (κ2) is 10.9. The Morgan fingerprint density at radius 2 is 1.31 bits per heavy atom. The predicted molar refractivity (Wildman–Crippen MR) is 101 cm³/mol. The van der Waals surface area contributed by atoms with E-state index in [4.69, 9.17) is 18.9 Å². The summed E-state index contributed by atoms with van der Waals surface area (Å²) in [4.78, 5) is 23.5. The van der Waals surface area contributed by atoms with Crippen LogP contribution >= 0.6 is 0 Å². The minimum atomic E-state index is -0.725. The van der Waals surface area contributed by atoms with E-state index in [1.54, 1.807) is 53.7 Å². The SMILES string of the molecule is C=CC(CCCC(/C=C/C)OC(=O)OC(C)(C)C)OC(=O)OC(C)(C)C. The van der Waals surface area contributed by atoms with E-state index in [9.17, 15) is 9.59 Å². The summed E-state index contributed by atoms with van der Waals surface area (Å²) in [6, 6.07) is 0. The Bertz CT molecular complexity index is 482. The van der Waals surface area contributed by atoms with Crippen LogP contribution in [0.1, 0.15) is 67.7 Å². The number of rotatable bonds is 8. The van der Waals surface area contributed by atoms with Crippen LogP contribution in [0.4, 0.5) is 9.59 Å². The van der Waals surface area contributed by atoms with E-state index in [0.29, 0.717) is 19.3 Å². The van der Waals surface area contributed by atoms with Crippen molar-refractivity contribution in [1.29, 1.82) is 0 Å². The van der Waals surface area contributed by atoms with Crippen LogP contribution in [0.15, 0.2) is 24.8 Å². The highest BCUT2D eigenvalue weighted by Crippen LogP contribution is 2.16. The molecule has 2 unspecified atom stereocenters. The molecule has 0 aliphatic rings. The van der Waals surface area contributed by atoms with Gasteiger partial charge >= 0.3 is 12.3 Å². The molecule has 0 aliphatic carbocycles. The van der Waals surface area contributed by atoms with E-state index in [2.05, 4.69) is 6.58 Å². The van der Waals surface area contributed by atoms with Gasteiger partial charge in [-0.15, -0.1) is 0 Å².